The summed E-state index contributed by atoms with van der Waals surface area (Å²) >= 11 is 1.49. The highest BCUT2D eigenvalue weighted by Crippen LogP contribution is 2.32. The molecule has 1 saturated carbocycles. The zero-order valence-corrected chi connectivity index (χ0v) is 19.7. The number of nitrogens with one attached hydrogen (secondary N) is 2. The van der Waals surface area contributed by atoms with Gasteiger partial charge >= 0.3 is 0 Å². The van der Waals surface area contributed by atoms with Gasteiger partial charge < -0.3 is 15.1 Å². The minimum absolute atomic E-state index is 0.293. The molecule has 2 fully saturated rings. The Hall–Kier alpha value is -2.98. The Morgan fingerprint density at radius 2 is 1.88 bits per heavy atom. The van der Waals surface area contributed by atoms with E-state index >= 15 is 0 Å². The molecule has 1 saturated heterocycles. The summed E-state index contributed by atoms with van der Waals surface area (Å²) in [5, 5.41) is 11.0. The lowest BCUT2D eigenvalue weighted by Gasteiger charge is -2.32. The van der Waals surface area contributed by atoms with Crippen molar-refractivity contribution >= 4 is 35.3 Å². The average molecular weight is 465 g/mol. The molecule has 1 aliphatic heterocycles. The summed E-state index contributed by atoms with van der Waals surface area (Å²) < 4.78 is 0. The highest BCUT2D eigenvalue weighted by Gasteiger charge is 2.29. The Morgan fingerprint density at radius 1 is 1.12 bits per heavy atom. The van der Waals surface area contributed by atoms with Gasteiger partial charge in [0.25, 0.3) is 0 Å². The van der Waals surface area contributed by atoms with Crippen LogP contribution >= 0.6 is 11.8 Å². The molecule has 0 radical (unpaired) electrons. The number of carbonyl (C=O) groups excluding carboxylic acids is 1. The normalized spacial score (nSPS) is 16.7. The molecule has 10 heteroatoms. The van der Waals surface area contributed by atoms with Crippen molar-refractivity contribution in [1.29, 1.82) is 0 Å². The van der Waals surface area contributed by atoms with Crippen molar-refractivity contribution in [2.75, 3.05) is 43.4 Å². The second-order valence-electron chi connectivity index (χ2n) is 8.76. The molecular formula is C23H28N8OS. The average Bonchev–Trinajstić information content (AvgIpc) is 3.58. The number of H-pyrrole nitrogens is 1. The Morgan fingerprint density at radius 3 is 2.55 bits per heavy atom. The van der Waals surface area contributed by atoms with E-state index in [1.54, 1.807) is 0 Å². The number of nitrogens with zero attached hydrogens (tertiary/aromatic N) is 6. The van der Waals surface area contributed by atoms with Gasteiger partial charge in [-0.2, -0.15) is 20.1 Å². The zero-order valence-electron chi connectivity index (χ0n) is 18.9. The summed E-state index contributed by atoms with van der Waals surface area (Å²) in [4.78, 5) is 31.7. The number of benzene rings is 1. The van der Waals surface area contributed by atoms with E-state index in [2.05, 4.69) is 42.3 Å². The summed E-state index contributed by atoms with van der Waals surface area (Å²) in [6.45, 7) is 5.63. The number of aromatic nitrogens is 5. The Labute approximate surface area is 197 Å². The number of anilines is 3. The van der Waals surface area contributed by atoms with Crippen LogP contribution in [0.25, 0.3) is 0 Å². The molecule has 0 amide bonds. The van der Waals surface area contributed by atoms with Crippen LogP contribution in [-0.4, -0.2) is 69.1 Å². The predicted octanol–water partition coefficient (Wildman–Crippen LogP) is 3.07. The molecule has 0 spiro atoms. The van der Waals surface area contributed by atoms with E-state index in [0.717, 1.165) is 55.2 Å². The first-order chi connectivity index (χ1) is 16.0. The third-order valence-corrected chi connectivity index (χ3v) is 6.75. The number of hydrogen-bond donors (Lipinski definition) is 2. The van der Waals surface area contributed by atoms with Gasteiger partial charge in [0.05, 0.1) is 0 Å². The Kier molecular flexibility index (Phi) is 6.28. The second-order valence-corrected chi connectivity index (χ2v) is 9.80. The van der Waals surface area contributed by atoms with Gasteiger partial charge in [-0.1, -0.05) is 12.1 Å². The van der Waals surface area contributed by atoms with Crippen molar-refractivity contribution in [1.82, 2.24) is 30.0 Å². The number of likely N-dealkylation sites (N-methyl/N-ethyl adjacent to an activating group) is 1. The first-order valence-electron chi connectivity index (χ1n) is 11.3. The van der Waals surface area contributed by atoms with Crippen LogP contribution in [0.5, 0.6) is 0 Å². The molecule has 0 atom stereocenters. The molecule has 0 bridgehead atoms. The lowest BCUT2D eigenvalue weighted by Crippen LogP contribution is -2.45. The van der Waals surface area contributed by atoms with E-state index < -0.39 is 0 Å². The van der Waals surface area contributed by atoms with Crippen LogP contribution in [-0.2, 0) is 11.2 Å². The lowest BCUT2D eigenvalue weighted by molar-refractivity contribution is -0.119. The van der Waals surface area contributed by atoms with Crippen molar-refractivity contribution in [3.63, 3.8) is 0 Å². The number of hydrogen-bond acceptors (Lipinski definition) is 9. The van der Waals surface area contributed by atoms with Gasteiger partial charge in [0, 0.05) is 55.2 Å². The molecule has 5 rings (SSSR count). The minimum Gasteiger partial charge on any atom is -0.338 e. The van der Waals surface area contributed by atoms with Gasteiger partial charge in [-0.3, -0.25) is 9.89 Å². The van der Waals surface area contributed by atoms with Crippen molar-refractivity contribution in [3.05, 3.63) is 41.6 Å². The SMILES string of the molecule is Cc1cc(Nc2nc(Sc3ccc(CC(=O)C4CC4)cc3)nc(N3CCN(C)CC3)n2)n[nH]1. The van der Waals surface area contributed by atoms with Gasteiger partial charge in [0.2, 0.25) is 11.9 Å². The fraction of sp³-hybridized carbons (Fsp3) is 0.435. The lowest BCUT2D eigenvalue weighted by atomic mass is 10.1. The zero-order chi connectivity index (χ0) is 22.8. The van der Waals surface area contributed by atoms with Crippen LogP contribution in [0.4, 0.5) is 17.7 Å². The molecule has 9 nitrogen and oxygen atoms in total. The van der Waals surface area contributed by atoms with E-state index in [4.69, 9.17) is 4.98 Å². The van der Waals surface area contributed by atoms with Crippen molar-refractivity contribution in [2.24, 2.45) is 5.92 Å². The predicted molar refractivity (Wildman–Crippen MR) is 128 cm³/mol. The Balaban J connectivity index is 1.35. The van der Waals surface area contributed by atoms with Crippen LogP contribution in [0.15, 0.2) is 40.4 Å². The number of Topliss-reactive ketones (excluding diaryl/α,β-unsaturated/α-hetero) is 1. The van der Waals surface area contributed by atoms with Crippen molar-refractivity contribution in [2.45, 2.75) is 36.2 Å². The second kappa shape index (κ2) is 9.48. The maximum atomic E-state index is 12.1. The van der Waals surface area contributed by atoms with E-state index in [1.165, 1.54) is 11.8 Å². The van der Waals surface area contributed by atoms with E-state index in [0.29, 0.717) is 41.0 Å². The van der Waals surface area contributed by atoms with Gasteiger partial charge in [-0.25, -0.2) is 0 Å². The molecule has 3 heterocycles. The van der Waals surface area contributed by atoms with E-state index in [-0.39, 0.29) is 0 Å². The van der Waals surface area contributed by atoms with Gasteiger partial charge in [-0.15, -0.1) is 0 Å². The highest BCUT2D eigenvalue weighted by atomic mass is 32.2. The fourth-order valence-corrected chi connectivity index (χ4v) is 4.47. The molecule has 1 aromatic carbocycles. The van der Waals surface area contributed by atoms with Crippen LogP contribution in [0.1, 0.15) is 24.1 Å². The standard InChI is InChI=1S/C23H28N8OS/c1-15-13-20(29-28-15)24-21-25-22(31-11-9-30(2)10-12-31)27-23(26-21)33-18-7-3-16(4-8-18)14-19(32)17-5-6-17/h3-4,7-8,13,17H,5-6,9-12,14H2,1-2H3,(H2,24,25,26,27,28,29). The molecule has 172 valence electrons. The molecular weight excluding hydrogens is 436 g/mol. The maximum absolute atomic E-state index is 12.1. The van der Waals surface area contributed by atoms with Gasteiger partial charge in [-0.05, 0) is 56.3 Å². The number of carbonyl (C=O) groups is 1. The van der Waals surface area contributed by atoms with Crippen LogP contribution in [0.3, 0.4) is 0 Å². The summed E-state index contributed by atoms with van der Waals surface area (Å²) in [6.07, 6.45) is 2.62. The minimum atomic E-state index is 0.293. The van der Waals surface area contributed by atoms with Crippen molar-refractivity contribution < 1.29 is 4.79 Å². The summed E-state index contributed by atoms with van der Waals surface area (Å²) in [5.74, 6) is 2.46. The van der Waals surface area contributed by atoms with Crippen molar-refractivity contribution in [3.8, 4) is 0 Å². The highest BCUT2D eigenvalue weighted by molar-refractivity contribution is 7.99. The third-order valence-electron chi connectivity index (χ3n) is 5.88. The van der Waals surface area contributed by atoms with E-state index in [9.17, 15) is 4.79 Å². The number of aromatic amines is 1. The maximum Gasteiger partial charge on any atom is 0.234 e. The van der Waals surface area contributed by atoms with Crippen LogP contribution < -0.4 is 10.2 Å². The number of rotatable bonds is 8. The first kappa shape index (κ1) is 21.8. The fourth-order valence-electron chi connectivity index (χ4n) is 3.72. The quantitative estimate of drug-likeness (QED) is 0.520. The number of ketones is 1. The van der Waals surface area contributed by atoms with Crippen LogP contribution in [0.2, 0.25) is 0 Å². The van der Waals surface area contributed by atoms with Gasteiger partial charge in [0.15, 0.2) is 11.0 Å². The molecule has 1 aliphatic carbocycles. The Bertz CT molecular complexity index is 1120. The molecule has 2 N–H and O–H groups in total. The monoisotopic (exact) mass is 464 g/mol. The molecule has 2 aliphatic rings. The topological polar surface area (TPSA) is 103 Å². The van der Waals surface area contributed by atoms with Gasteiger partial charge in [0.1, 0.15) is 5.78 Å². The molecule has 3 aromatic rings. The number of piperazine rings is 1. The summed E-state index contributed by atoms with van der Waals surface area (Å²) in [6, 6.07) is 10.0. The smallest absolute Gasteiger partial charge is 0.234 e. The molecule has 0 unspecified atom stereocenters. The summed E-state index contributed by atoms with van der Waals surface area (Å²) in [5.41, 5.74) is 2.02. The van der Waals surface area contributed by atoms with E-state index in [1.807, 2.05) is 37.3 Å². The molecule has 2 aromatic heterocycles. The summed E-state index contributed by atoms with van der Waals surface area (Å²) in [7, 11) is 2.13. The first-order valence-corrected chi connectivity index (χ1v) is 12.1. The largest absolute Gasteiger partial charge is 0.338 e. The number of aryl methyl sites for hydroxylation is 1. The third kappa shape index (κ3) is 5.69. The van der Waals surface area contributed by atoms with Crippen LogP contribution in [0, 0.1) is 12.8 Å². The molecule has 33 heavy (non-hydrogen) atoms.